The molecule has 6 nitrogen and oxygen atoms in total. The van der Waals surface area contributed by atoms with Crippen LogP contribution in [-0.2, 0) is 0 Å². The third kappa shape index (κ3) is 3.47. The van der Waals surface area contributed by atoms with E-state index in [1.165, 1.54) is 18.5 Å². The Bertz CT molecular complexity index is 586. The largest absolute Gasteiger partial charge is 0.372 e. The summed E-state index contributed by atoms with van der Waals surface area (Å²) < 4.78 is 0. The van der Waals surface area contributed by atoms with Gasteiger partial charge < -0.3 is 19.6 Å². The third-order valence-electron chi connectivity index (χ3n) is 4.81. The van der Waals surface area contributed by atoms with Gasteiger partial charge in [-0.05, 0) is 37.1 Å². The predicted molar refractivity (Wildman–Crippen MR) is 94.4 cm³/mol. The average Bonchev–Trinajstić information content (AvgIpc) is 3.15. The molecule has 0 aromatic heterocycles. The van der Waals surface area contributed by atoms with Crippen molar-refractivity contribution < 1.29 is 9.59 Å². The van der Waals surface area contributed by atoms with E-state index in [1.54, 1.807) is 23.9 Å². The lowest BCUT2D eigenvalue weighted by molar-refractivity contribution is 0.0650. The van der Waals surface area contributed by atoms with Crippen molar-refractivity contribution >= 4 is 17.6 Å². The zero-order valence-electron chi connectivity index (χ0n) is 14.6. The number of nitrogens with zero attached hydrogens (tertiary/aromatic N) is 4. The fraction of sp³-hybridized carbons (Fsp3) is 0.556. The number of amides is 3. The molecule has 0 spiro atoms. The Labute approximate surface area is 143 Å². The predicted octanol–water partition coefficient (Wildman–Crippen LogP) is 1.73. The molecule has 1 aromatic carbocycles. The van der Waals surface area contributed by atoms with E-state index in [1.807, 2.05) is 29.2 Å². The lowest BCUT2D eigenvalue weighted by Gasteiger charge is -2.36. The van der Waals surface area contributed by atoms with Crippen LogP contribution in [0.15, 0.2) is 24.3 Å². The minimum Gasteiger partial charge on any atom is -0.372 e. The number of urea groups is 1. The number of benzene rings is 1. The molecule has 2 aliphatic heterocycles. The van der Waals surface area contributed by atoms with Gasteiger partial charge in [-0.25, -0.2) is 4.79 Å². The second-order valence-corrected chi connectivity index (χ2v) is 6.70. The number of hydrogen-bond acceptors (Lipinski definition) is 3. The molecule has 0 radical (unpaired) electrons. The van der Waals surface area contributed by atoms with Gasteiger partial charge in [-0.15, -0.1) is 0 Å². The zero-order chi connectivity index (χ0) is 17.1. The fourth-order valence-electron chi connectivity index (χ4n) is 3.36. The molecular formula is C18H26N4O2. The Kier molecular flexibility index (Phi) is 4.92. The van der Waals surface area contributed by atoms with E-state index in [0.29, 0.717) is 26.2 Å². The summed E-state index contributed by atoms with van der Waals surface area (Å²) in [4.78, 5) is 32.2. The number of carbonyl (C=O) groups excluding carboxylic acids is 2. The van der Waals surface area contributed by atoms with Crippen LogP contribution in [0.4, 0.5) is 10.5 Å². The number of piperazine rings is 1. The SMILES string of the molecule is CN(C)C(=O)N1CCN(C(=O)c2ccc(N3CCCC3)cc2)CC1. The maximum atomic E-state index is 12.6. The summed E-state index contributed by atoms with van der Waals surface area (Å²) in [6, 6.07) is 7.95. The van der Waals surface area contributed by atoms with E-state index in [-0.39, 0.29) is 11.9 Å². The van der Waals surface area contributed by atoms with Crippen molar-refractivity contribution in [3.05, 3.63) is 29.8 Å². The van der Waals surface area contributed by atoms with E-state index in [4.69, 9.17) is 0 Å². The van der Waals surface area contributed by atoms with Crippen molar-refractivity contribution in [2.75, 3.05) is 58.3 Å². The second-order valence-electron chi connectivity index (χ2n) is 6.70. The van der Waals surface area contributed by atoms with E-state index in [0.717, 1.165) is 18.7 Å². The fourth-order valence-corrected chi connectivity index (χ4v) is 3.36. The van der Waals surface area contributed by atoms with E-state index in [2.05, 4.69) is 4.90 Å². The van der Waals surface area contributed by atoms with Crippen molar-refractivity contribution in [1.82, 2.24) is 14.7 Å². The van der Waals surface area contributed by atoms with Crippen molar-refractivity contribution in [2.45, 2.75) is 12.8 Å². The Balaban J connectivity index is 1.58. The Morgan fingerprint density at radius 1 is 0.833 bits per heavy atom. The summed E-state index contributed by atoms with van der Waals surface area (Å²) in [5.41, 5.74) is 1.93. The van der Waals surface area contributed by atoms with Crippen LogP contribution in [0.5, 0.6) is 0 Å². The molecule has 6 heteroatoms. The standard InChI is InChI=1S/C18H26N4O2/c1-19(2)18(24)22-13-11-21(12-14-22)17(23)15-5-7-16(8-6-15)20-9-3-4-10-20/h5-8H,3-4,9-14H2,1-2H3. The first-order chi connectivity index (χ1) is 11.6. The number of hydrogen-bond donors (Lipinski definition) is 0. The van der Waals surface area contributed by atoms with Gasteiger partial charge in [-0.1, -0.05) is 0 Å². The Morgan fingerprint density at radius 3 is 1.92 bits per heavy atom. The third-order valence-corrected chi connectivity index (χ3v) is 4.81. The lowest BCUT2D eigenvalue weighted by Crippen LogP contribution is -2.52. The Morgan fingerprint density at radius 2 is 1.38 bits per heavy atom. The maximum absolute atomic E-state index is 12.6. The molecule has 130 valence electrons. The molecule has 0 aliphatic carbocycles. The molecule has 0 bridgehead atoms. The average molecular weight is 330 g/mol. The summed E-state index contributed by atoms with van der Waals surface area (Å²) in [5.74, 6) is 0.0555. The van der Waals surface area contributed by atoms with E-state index >= 15 is 0 Å². The molecule has 1 aromatic rings. The smallest absolute Gasteiger partial charge is 0.319 e. The summed E-state index contributed by atoms with van der Waals surface area (Å²) in [6.07, 6.45) is 2.49. The van der Waals surface area contributed by atoms with Gasteiger partial charge in [0.15, 0.2) is 0 Å². The van der Waals surface area contributed by atoms with Crippen molar-refractivity contribution in [2.24, 2.45) is 0 Å². The highest BCUT2D eigenvalue weighted by Crippen LogP contribution is 2.21. The molecule has 0 atom stereocenters. The first-order valence-corrected chi connectivity index (χ1v) is 8.67. The van der Waals surface area contributed by atoms with Crippen LogP contribution in [0.3, 0.4) is 0 Å². The first kappa shape index (κ1) is 16.6. The van der Waals surface area contributed by atoms with Crippen LogP contribution in [-0.4, -0.2) is 80.0 Å². The molecule has 2 heterocycles. The highest BCUT2D eigenvalue weighted by Gasteiger charge is 2.25. The Hall–Kier alpha value is -2.24. The number of rotatable bonds is 2. The molecule has 0 N–H and O–H groups in total. The summed E-state index contributed by atoms with van der Waals surface area (Å²) in [5, 5.41) is 0. The molecule has 2 saturated heterocycles. The van der Waals surface area contributed by atoms with Gasteiger partial charge in [0, 0.05) is 64.6 Å². The van der Waals surface area contributed by atoms with Gasteiger partial charge in [0.05, 0.1) is 0 Å². The number of carbonyl (C=O) groups is 2. The summed E-state index contributed by atoms with van der Waals surface area (Å²) in [7, 11) is 3.50. The van der Waals surface area contributed by atoms with Crippen LogP contribution in [0.1, 0.15) is 23.2 Å². The van der Waals surface area contributed by atoms with Gasteiger partial charge in [-0.3, -0.25) is 4.79 Å². The molecular weight excluding hydrogens is 304 g/mol. The van der Waals surface area contributed by atoms with Gasteiger partial charge >= 0.3 is 6.03 Å². The lowest BCUT2D eigenvalue weighted by atomic mass is 10.1. The quantitative estimate of drug-likeness (QED) is 0.830. The zero-order valence-corrected chi connectivity index (χ0v) is 14.6. The monoisotopic (exact) mass is 330 g/mol. The van der Waals surface area contributed by atoms with Crippen molar-refractivity contribution in [3.8, 4) is 0 Å². The highest BCUT2D eigenvalue weighted by atomic mass is 16.2. The summed E-state index contributed by atoms with van der Waals surface area (Å²) in [6.45, 7) is 4.58. The van der Waals surface area contributed by atoms with Gasteiger partial charge in [0.1, 0.15) is 0 Å². The molecule has 3 rings (SSSR count). The molecule has 0 saturated carbocycles. The maximum Gasteiger partial charge on any atom is 0.319 e. The van der Waals surface area contributed by atoms with Crippen LogP contribution in [0, 0.1) is 0 Å². The molecule has 3 amide bonds. The van der Waals surface area contributed by atoms with Gasteiger partial charge in [0.2, 0.25) is 0 Å². The van der Waals surface area contributed by atoms with Gasteiger partial charge in [-0.2, -0.15) is 0 Å². The summed E-state index contributed by atoms with van der Waals surface area (Å²) >= 11 is 0. The minimum absolute atomic E-state index is 0.0112. The molecule has 2 aliphatic rings. The van der Waals surface area contributed by atoms with Crippen molar-refractivity contribution in [1.29, 1.82) is 0 Å². The van der Waals surface area contributed by atoms with Crippen LogP contribution in [0.2, 0.25) is 0 Å². The minimum atomic E-state index is 0.0112. The van der Waals surface area contributed by atoms with Crippen LogP contribution in [0.25, 0.3) is 0 Å². The molecule has 24 heavy (non-hydrogen) atoms. The second kappa shape index (κ2) is 7.11. The van der Waals surface area contributed by atoms with E-state index < -0.39 is 0 Å². The topological polar surface area (TPSA) is 47.1 Å². The van der Waals surface area contributed by atoms with E-state index in [9.17, 15) is 9.59 Å². The highest BCUT2D eigenvalue weighted by molar-refractivity contribution is 5.94. The van der Waals surface area contributed by atoms with Crippen molar-refractivity contribution in [3.63, 3.8) is 0 Å². The molecule has 0 unspecified atom stereocenters. The number of anilines is 1. The molecule has 2 fully saturated rings. The van der Waals surface area contributed by atoms with Crippen LogP contribution >= 0.6 is 0 Å². The first-order valence-electron chi connectivity index (χ1n) is 8.67. The normalized spacial score (nSPS) is 18.0. The van der Waals surface area contributed by atoms with Crippen LogP contribution < -0.4 is 4.90 Å². The van der Waals surface area contributed by atoms with Gasteiger partial charge in [0.25, 0.3) is 5.91 Å².